The summed E-state index contributed by atoms with van der Waals surface area (Å²) in [6.07, 6.45) is 0. The Bertz CT molecular complexity index is 880. The Kier molecular flexibility index (Phi) is 4.69. The van der Waals surface area contributed by atoms with E-state index in [1.807, 2.05) is 35.7 Å². The molecule has 1 heterocycles. The molecule has 3 aromatic rings. The summed E-state index contributed by atoms with van der Waals surface area (Å²) in [6.45, 7) is 0. The van der Waals surface area contributed by atoms with E-state index in [9.17, 15) is 10.1 Å². The first kappa shape index (κ1) is 15.9. The van der Waals surface area contributed by atoms with Crippen molar-refractivity contribution >= 4 is 17.1 Å². The number of thiazole rings is 1. The van der Waals surface area contributed by atoms with Crippen LogP contribution in [0.2, 0.25) is 0 Å². The highest BCUT2D eigenvalue weighted by Gasteiger charge is 2.25. The number of nitrogens with zero attached hydrogens (tertiary/aromatic N) is 2. The predicted octanol–water partition coefficient (Wildman–Crippen LogP) is 4.31. The number of carbonyl (C=O) groups excluding carboxylic acids is 1. The molecule has 0 saturated carbocycles. The summed E-state index contributed by atoms with van der Waals surface area (Å²) < 4.78 is 5.14. The Labute approximate surface area is 144 Å². The summed E-state index contributed by atoms with van der Waals surface area (Å²) in [4.78, 5) is 17.0. The lowest BCUT2D eigenvalue weighted by Gasteiger charge is -2.05. The van der Waals surface area contributed by atoms with Crippen LogP contribution in [0.1, 0.15) is 21.3 Å². The van der Waals surface area contributed by atoms with E-state index in [-0.39, 0.29) is 5.78 Å². The van der Waals surface area contributed by atoms with E-state index >= 15 is 0 Å². The van der Waals surface area contributed by atoms with Crippen molar-refractivity contribution < 1.29 is 9.53 Å². The largest absolute Gasteiger partial charge is 0.497 e. The highest BCUT2D eigenvalue weighted by atomic mass is 32.1. The number of benzene rings is 2. The van der Waals surface area contributed by atoms with Crippen LogP contribution in [0.4, 0.5) is 0 Å². The Morgan fingerprint density at radius 1 is 1.17 bits per heavy atom. The number of Topliss-reactive ketones (excluding diaryl/α,β-unsaturated/α-hetero) is 1. The number of ketones is 1. The molecule has 0 N–H and O–H groups in total. The second-order valence-electron chi connectivity index (χ2n) is 5.09. The van der Waals surface area contributed by atoms with Gasteiger partial charge in [-0.3, -0.25) is 4.79 Å². The van der Waals surface area contributed by atoms with Gasteiger partial charge in [0.05, 0.1) is 18.9 Å². The summed E-state index contributed by atoms with van der Waals surface area (Å²) in [6, 6.07) is 18.4. The van der Waals surface area contributed by atoms with Crippen LogP contribution in [0.5, 0.6) is 5.75 Å². The first-order valence-electron chi connectivity index (χ1n) is 7.31. The number of hydrogen-bond acceptors (Lipinski definition) is 5. The van der Waals surface area contributed by atoms with Gasteiger partial charge in [-0.2, -0.15) is 5.26 Å². The van der Waals surface area contributed by atoms with E-state index in [4.69, 9.17) is 4.74 Å². The molecule has 0 bridgehead atoms. The van der Waals surface area contributed by atoms with E-state index in [1.165, 1.54) is 11.3 Å². The van der Waals surface area contributed by atoms with Crippen LogP contribution in [0.15, 0.2) is 60.0 Å². The van der Waals surface area contributed by atoms with Crippen molar-refractivity contribution in [2.24, 2.45) is 0 Å². The fraction of sp³-hybridized carbons (Fsp3) is 0.105. The Balaban J connectivity index is 1.88. The molecule has 0 amide bonds. The summed E-state index contributed by atoms with van der Waals surface area (Å²) in [5.74, 6) is -0.346. The number of rotatable bonds is 5. The van der Waals surface area contributed by atoms with Crippen molar-refractivity contribution in [3.8, 4) is 23.1 Å². The molecule has 1 atom stereocenters. The van der Waals surface area contributed by atoms with Crippen LogP contribution < -0.4 is 4.74 Å². The number of nitriles is 1. The molecule has 0 spiro atoms. The number of aromatic nitrogens is 1. The molecule has 0 unspecified atom stereocenters. The SMILES string of the molecule is COc1ccc(-c2csc([C@H](C#N)C(=O)c3ccccc3)n2)cc1. The molecule has 0 aliphatic carbocycles. The molecular weight excluding hydrogens is 320 g/mol. The van der Waals surface area contributed by atoms with E-state index < -0.39 is 5.92 Å². The maximum atomic E-state index is 12.5. The van der Waals surface area contributed by atoms with Gasteiger partial charge in [-0.25, -0.2) is 4.98 Å². The first-order chi connectivity index (χ1) is 11.7. The maximum absolute atomic E-state index is 12.5. The Hall–Kier alpha value is -2.97. The first-order valence-corrected chi connectivity index (χ1v) is 8.19. The van der Waals surface area contributed by atoms with E-state index in [0.717, 1.165) is 17.0 Å². The van der Waals surface area contributed by atoms with Gasteiger partial charge < -0.3 is 4.74 Å². The van der Waals surface area contributed by atoms with Gasteiger partial charge in [0.1, 0.15) is 10.8 Å². The summed E-state index contributed by atoms with van der Waals surface area (Å²) >= 11 is 1.32. The van der Waals surface area contributed by atoms with E-state index in [2.05, 4.69) is 11.1 Å². The van der Waals surface area contributed by atoms with Crippen LogP contribution in [0.25, 0.3) is 11.3 Å². The lowest BCUT2D eigenvalue weighted by molar-refractivity contribution is 0.0979. The third kappa shape index (κ3) is 3.19. The van der Waals surface area contributed by atoms with Crippen LogP contribution in [-0.2, 0) is 0 Å². The molecule has 24 heavy (non-hydrogen) atoms. The average molecular weight is 334 g/mol. The average Bonchev–Trinajstić information content (AvgIpc) is 3.13. The third-order valence-corrected chi connectivity index (χ3v) is 4.51. The van der Waals surface area contributed by atoms with Gasteiger partial charge >= 0.3 is 0 Å². The van der Waals surface area contributed by atoms with Crippen LogP contribution >= 0.6 is 11.3 Å². The Morgan fingerprint density at radius 3 is 2.50 bits per heavy atom. The van der Waals surface area contributed by atoms with Crippen molar-refractivity contribution in [3.05, 3.63) is 70.5 Å². The molecule has 5 heteroatoms. The molecular formula is C19H14N2O2S. The smallest absolute Gasteiger partial charge is 0.186 e. The standard InChI is InChI=1S/C19H14N2O2S/c1-23-15-9-7-13(8-10-15)17-12-24-19(21-17)16(11-20)18(22)14-5-3-2-4-6-14/h2-10,12,16H,1H3/t16-/m1/s1. The highest BCUT2D eigenvalue weighted by molar-refractivity contribution is 7.10. The minimum atomic E-state index is -0.885. The van der Waals surface area contributed by atoms with Gasteiger partial charge in [0, 0.05) is 16.5 Å². The molecule has 2 aromatic carbocycles. The van der Waals surface area contributed by atoms with Gasteiger partial charge in [-0.05, 0) is 24.3 Å². The zero-order valence-corrected chi connectivity index (χ0v) is 13.8. The molecule has 3 rings (SSSR count). The quantitative estimate of drug-likeness (QED) is 0.652. The number of carbonyl (C=O) groups is 1. The Morgan fingerprint density at radius 2 is 1.88 bits per heavy atom. The van der Waals surface area contributed by atoms with Crippen LogP contribution in [0, 0.1) is 11.3 Å². The lowest BCUT2D eigenvalue weighted by atomic mass is 9.99. The van der Waals surface area contributed by atoms with Crippen molar-refractivity contribution in [3.63, 3.8) is 0 Å². The molecule has 0 saturated heterocycles. The van der Waals surface area contributed by atoms with Gasteiger partial charge in [-0.15, -0.1) is 11.3 Å². The molecule has 1 aromatic heterocycles. The van der Waals surface area contributed by atoms with E-state index in [1.54, 1.807) is 31.4 Å². The van der Waals surface area contributed by atoms with Gasteiger partial charge in [-0.1, -0.05) is 30.3 Å². The maximum Gasteiger partial charge on any atom is 0.186 e. The number of methoxy groups -OCH3 is 1. The molecule has 4 nitrogen and oxygen atoms in total. The number of hydrogen-bond donors (Lipinski definition) is 0. The number of ether oxygens (including phenoxy) is 1. The molecule has 118 valence electrons. The minimum absolute atomic E-state index is 0.228. The summed E-state index contributed by atoms with van der Waals surface area (Å²) in [5.41, 5.74) is 2.19. The van der Waals surface area contributed by atoms with Crippen LogP contribution in [0.3, 0.4) is 0 Å². The van der Waals surface area contributed by atoms with Crippen molar-refractivity contribution in [1.29, 1.82) is 5.26 Å². The van der Waals surface area contributed by atoms with Gasteiger partial charge in [0.15, 0.2) is 11.7 Å². The molecule has 0 radical (unpaired) electrons. The van der Waals surface area contributed by atoms with Crippen molar-refractivity contribution in [1.82, 2.24) is 4.98 Å². The van der Waals surface area contributed by atoms with E-state index in [0.29, 0.717) is 10.6 Å². The normalized spacial score (nSPS) is 11.5. The molecule has 0 fully saturated rings. The predicted molar refractivity (Wildman–Crippen MR) is 93.2 cm³/mol. The second-order valence-corrected chi connectivity index (χ2v) is 5.98. The summed E-state index contributed by atoms with van der Waals surface area (Å²) in [5, 5.41) is 11.8. The minimum Gasteiger partial charge on any atom is -0.497 e. The zero-order chi connectivity index (χ0) is 16.9. The zero-order valence-electron chi connectivity index (χ0n) is 13.0. The molecule has 0 aliphatic rings. The molecule has 0 aliphatic heterocycles. The monoisotopic (exact) mass is 334 g/mol. The van der Waals surface area contributed by atoms with Crippen molar-refractivity contribution in [2.45, 2.75) is 5.92 Å². The lowest BCUT2D eigenvalue weighted by Crippen LogP contribution is -2.10. The highest BCUT2D eigenvalue weighted by Crippen LogP contribution is 2.29. The summed E-state index contributed by atoms with van der Waals surface area (Å²) in [7, 11) is 1.61. The fourth-order valence-corrected chi connectivity index (χ4v) is 3.18. The van der Waals surface area contributed by atoms with Crippen LogP contribution in [-0.4, -0.2) is 17.9 Å². The van der Waals surface area contributed by atoms with Crippen molar-refractivity contribution in [2.75, 3.05) is 7.11 Å². The van der Waals surface area contributed by atoms with Gasteiger partial charge in [0.25, 0.3) is 0 Å². The van der Waals surface area contributed by atoms with Gasteiger partial charge in [0.2, 0.25) is 0 Å². The fourth-order valence-electron chi connectivity index (χ4n) is 2.31. The second kappa shape index (κ2) is 7.07. The third-order valence-electron chi connectivity index (χ3n) is 3.60. The topological polar surface area (TPSA) is 63.0 Å².